The zero-order chi connectivity index (χ0) is 11.0. The number of nitrogens with two attached hydrogens (primary N) is 1. The van der Waals surface area contributed by atoms with Gasteiger partial charge >= 0.3 is 8.80 Å². The van der Waals surface area contributed by atoms with E-state index < -0.39 is 8.80 Å². The molecule has 0 aliphatic carbocycles. The number of hydrogen-bond acceptors (Lipinski definition) is 4. The van der Waals surface area contributed by atoms with Crippen LogP contribution in [0.15, 0.2) is 0 Å². The smallest absolute Gasteiger partial charge is 0.388 e. The summed E-state index contributed by atoms with van der Waals surface area (Å²) in [4.78, 5) is 0. The van der Waals surface area contributed by atoms with E-state index in [-0.39, 0.29) is 5.84 Å². The molecule has 0 aromatic rings. The van der Waals surface area contributed by atoms with Crippen molar-refractivity contribution in [3.63, 3.8) is 0 Å². The van der Waals surface area contributed by atoms with Crippen molar-refractivity contribution in [1.82, 2.24) is 0 Å². The van der Waals surface area contributed by atoms with Gasteiger partial charge < -0.3 is 19.0 Å². The summed E-state index contributed by atoms with van der Waals surface area (Å²) in [5, 5.41) is 7.06. The standard InChI is InChI=1S/C8H20N2O3Si/c1-11-14(12-2,13-3)7-5-4-6-8(9)10/h4-7H2,1-3H3,(H3,9,10). The lowest BCUT2D eigenvalue weighted by Crippen LogP contribution is -2.42. The summed E-state index contributed by atoms with van der Waals surface area (Å²) < 4.78 is 15.8. The van der Waals surface area contributed by atoms with Crippen molar-refractivity contribution < 1.29 is 13.3 Å². The predicted molar refractivity (Wildman–Crippen MR) is 57.4 cm³/mol. The van der Waals surface area contributed by atoms with E-state index in [2.05, 4.69) is 0 Å². The average molecular weight is 220 g/mol. The third-order valence-electron chi connectivity index (χ3n) is 2.11. The summed E-state index contributed by atoms with van der Waals surface area (Å²) in [5.41, 5.74) is 5.24. The molecule has 0 unspecified atom stereocenters. The molecule has 3 N–H and O–H groups in total. The molecule has 0 fully saturated rings. The van der Waals surface area contributed by atoms with E-state index in [9.17, 15) is 0 Å². The highest BCUT2D eigenvalue weighted by Gasteiger charge is 2.36. The SMILES string of the molecule is CO[Si](CCCCC(=N)N)(OC)OC. The highest BCUT2D eigenvalue weighted by molar-refractivity contribution is 6.60. The van der Waals surface area contributed by atoms with Crippen LogP contribution in [0.1, 0.15) is 19.3 Å². The van der Waals surface area contributed by atoms with Crippen LogP contribution in [-0.2, 0) is 13.3 Å². The van der Waals surface area contributed by atoms with Gasteiger partial charge in [0.1, 0.15) is 0 Å². The highest BCUT2D eigenvalue weighted by atomic mass is 28.4. The van der Waals surface area contributed by atoms with Crippen molar-refractivity contribution >= 4 is 14.6 Å². The fraction of sp³-hybridized carbons (Fsp3) is 0.875. The summed E-state index contributed by atoms with van der Waals surface area (Å²) in [6.45, 7) is 0. The van der Waals surface area contributed by atoms with Crippen molar-refractivity contribution in [3.8, 4) is 0 Å². The fourth-order valence-electron chi connectivity index (χ4n) is 1.21. The van der Waals surface area contributed by atoms with Crippen LogP contribution in [0.25, 0.3) is 0 Å². The molecule has 5 nitrogen and oxygen atoms in total. The van der Waals surface area contributed by atoms with Gasteiger partial charge in [-0.2, -0.15) is 0 Å². The van der Waals surface area contributed by atoms with E-state index in [1.165, 1.54) is 0 Å². The first-order valence-corrected chi connectivity index (χ1v) is 6.51. The number of hydrogen-bond donors (Lipinski definition) is 2. The molecule has 0 radical (unpaired) electrons. The lowest BCUT2D eigenvalue weighted by molar-refractivity contribution is 0.123. The Morgan fingerprint density at radius 3 is 2.00 bits per heavy atom. The van der Waals surface area contributed by atoms with E-state index in [1.807, 2.05) is 0 Å². The maximum atomic E-state index is 7.06. The minimum absolute atomic E-state index is 0.226. The first-order valence-electron chi connectivity index (χ1n) is 4.58. The van der Waals surface area contributed by atoms with Crippen molar-refractivity contribution in [1.29, 1.82) is 5.41 Å². The Morgan fingerprint density at radius 1 is 1.14 bits per heavy atom. The summed E-state index contributed by atoms with van der Waals surface area (Å²) in [5.74, 6) is 0.226. The van der Waals surface area contributed by atoms with E-state index in [0.717, 1.165) is 18.9 Å². The first kappa shape index (κ1) is 13.6. The molecule has 6 heteroatoms. The Hall–Kier alpha value is -0.433. The number of rotatable bonds is 8. The Bertz CT molecular complexity index is 166. The van der Waals surface area contributed by atoms with Gasteiger partial charge in [0.2, 0.25) is 0 Å². The third-order valence-corrected chi connectivity index (χ3v) is 4.94. The Kier molecular flexibility index (Phi) is 6.72. The molecule has 0 aromatic carbocycles. The minimum atomic E-state index is -2.40. The van der Waals surface area contributed by atoms with Crippen LogP contribution in [0, 0.1) is 5.41 Å². The molecule has 0 saturated carbocycles. The van der Waals surface area contributed by atoms with Gasteiger partial charge in [0.25, 0.3) is 0 Å². The van der Waals surface area contributed by atoms with Crippen LogP contribution in [0.2, 0.25) is 6.04 Å². The maximum Gasteiger partial charge on any atom is 0.500 e. The molecule has 0 aromatic heterocycles. The van der Waals surface area contributed by atoms with Crippen molar-refractivity contribution in [2.75, 3.05) is 21.3 Å². The molecule has 0 heterocycles. The number of unbranched alkanes of at least 4 members (excludes halogenated alkanes) is 1. The molecule has 0 spiro atoms. The van der Waals surface area contributed by atoms with Crippen LogP contribution in [-0.4, -0.2) is 36.0 Å². The minimum Gasteiger partial charge on any atom is -0.388 e. The molecular formula is C8H20N2O3Si. The quantitative estimate of drug-likeness (QED) is 0.276. The van der Waals surface area contributed by atoms with Gasteiger partial charge in [0.15, 0.2) is 0 Å². The molecular weight excluding hydrogens is 200 g/mol. The second-order valence-corrected chi connectivity index (χ2v) is 6.12. The monoisotopic (exact) mass is 220 g/mol. The first-order chi connectivity index (χ1) is 6.60. The molecule has 84 valence electrons. The van der Waals surface area contributed by atoms with E-state index in [4.69, 9.17) is 24.4 Å². The summed E-state index contributed by atoms with van der Waals surface area (Å²) in [7, 11) is 2.40. The lowest BCUT2D eigenvalue weighted by Gasteiger charge is -2.24. The fourth-order valence-corrected chi connectivity index (χ4v) is 3.01. The predicted octanol–water partition coefficient (Wildman–Crippen LogP) is 0.971. The largest absolute Gasteiger partial charge is 0.500 e. The van der Waals surface area contributed by atoms with Gasteiger partial charge in [-0.05, 0) is 12.8 Å². The van der Waals surface area contributed by atoms with Crippen LogP contribution in [0.5, 0.6) is 0 Å². The molecule has 0 aliphatic heterocycles. The molecule has 0 bridgehead atoms. The van der Waals surface area contributed by atoms with Gasteiger partial charge in [-0.25, -0.2) is 0 Å². The summed E-state index contributed by atoms with van der Waals surface area (Å²) >= 11 is 0. The summed E-state index contributed by atoms with van der Waals surface area (Å²) in [6.07, 6.45) is 2.41. The summed E-state index contributed by atoms with van der Waals surface area (Å²) in [6, 6.07) is 0.768. The van der Waals surface area contributed by atoms with Crippen molar-refractivity contribution in [2.24, 2.45) is 5.73 Å². The Balaban J connectivity index is 3.77. The zero-order valence-corrected chi connectivity index (χ0v) is 10.1. The second-order valence-electron chi connectivity index (χ2n) is 3.03. The Labute approximate surface area is 86.4 Å². The van der Waals surface area contributed by atoms with Gasteiger partial charge in [-0.15, -0.1) is 0 Å². The third kappa shape index (κ3) is 4.71. The van der Waals surface area contributed by atoms with Crippen molar-refractivity contribution in [3.05, 3.63) is 0 Å². The molecule has 0 atom stereocenters. The average Bonchev–Trinajstić information content (AvgIpc) is 2.19. The van der Waals surface area contributed by atoms with Gasteiger partial charge in [-0.1, -0.05) is 0 Å². The molecule has 0 saturated heterocycles. The van der Waals surface area contributed by atoms with Gasteiger partial charge in [-0.3, -0.25) is 5.41 Å². The van der Waals surface area contributed by atoms with Crippen LogP contribution in [0.3, 0.4) is 0 Å². The molecule has 14 heavy (non-hydrogen) atoms. The Morgan fingerprint density at radius 2 is 1.64 bits per heavy atom. The topological polar surface area (TPSA) is 77.6 Å². The molecule has 0 rings (SSSR count). The maximum absolute atomic E-state index is 7.06. The van der Waals surface area contributed by atoms with Crippen LogP contribution < -0.4 is 5.73 Å². The highest BCUT2D eigenvalue weighted by Crippen LogP contribution is 2.16. The van der Waals surface area contributed by atoms with Crippen LogP contribution in [0.4, 0.5) is 0 Å². The van der Waals surface area contributed by atoms with E-state index in [1.54, 1.807) is 21.3 Å². The zero-order valence-electron chi connectivity index (χ0n) is 9.13. The molecule has 0 amide bonds. The van der Waals surface area contributed by atoms with Gasteiger partial charge in [0.05, 0.1) is 5.84 Å². The normalized spacial score (nSPS) is 11.6. The number of nitrogens with one attached hydrogen (secondary N) is 1. The van der Waals surface area contributed by atoms with E-state index >= 15 is 0 Å². The lowest BCUT2D eigenvalue weighted by atomic mass is 10.2. The van der Waals surface area contributed by atoms with Crippen molar-refractivity contribution in [2.45, 2.75) is 25.3 Å². The second kappa shape index (κ2) is 6.94. The van der Waals surface area contributed by atoms with E-state index in [0.29, 0.717) is 6.42 Å². The number of amidine groups is 1. The van der Waals surface area contributed by atoms with Gasteiger partial charge in [0, 0.05) is 33.8 Å². The molecule has 0 aliphatic rings. The van der Waals surface area contributed by atoms with Crippen LogP contribution >= 0.6 is 0 Å².